The average Bonchev–Trinajstić information content (AvgIpc) is 2.72. The number of hydrogen-bond acceptors (Lipinski definition) is 8. The molecule has 0 aliphatic heterocycles. The van der Waals surface area contributed by atoms with E-state index in [0.717, 1.165) is 6.42 Å². The van der Waals surface area contributed by atoms with E-state index in [1.165, 1.54) is 30.4 Å². The van der Waals surface area contributed by atoms with Crippen molar-refractivity contribution in [2.75, 3.05) is 34.5 Å². The van der Waals surface area contributed by atoms with Crippen LogP contribution in [0.25, 0.3) is 0 Å². The van der Waals surface area contributed by atoms with Gasteiger partial charge in [0.25, 0.3) is 0 Å². The van der Waals surface area contributed by atoms with Gasteiger partial charge >= 0.3 is 15.1 Å². The first-order chi connectivity index (χ1) is 13.1. The number of carbonyl (C=O) groups is 2. The zero-order chi connectivity index (χ0) is 20.7. The Bertz CT molecular complexity index is 556. The number of methoxy groups -OCH3 is 3. The summed E-state index contributed by atoms with van der Waals surface area (Å²) in [5.41, 5.74) is 0.224. The molecule has 0 saturated carbocycles. The first-order valence-corrected chi connectivity index (χ1v) is 8.88. The van der Waals surface area contributed by atoms with Crippen LogP contribution in [-0.2, 0) is 23.9 Å². The number of ether oxygens (including phenoxy) is 3. The summed E-state index contributed by atoms with van der Waals surface area (Å²) in [5, 5.41) is 0. The summed E-state index contributed by atoms with van der Waals surface area (Å²) in [7, 11) is 5.59. The third kappa shape index (κ3) is 8.03. The van der Waals surface area contributed by atoms with Crippen LogP contribution in [-0.4, -0.2) is 46.3 Å². The van der Waals surface area contributed by atoms with Crippen molar-refractivity contribution < 1.29 is 38.1 Å². The highest BCUT2D eigenvalue weighted by Gasteiger charge is 2.33. The van der Waals surface area contributed by atoms with Gasteiger partial charge in [-0.05, 0) is 18.6 Å². The largest absolute Gasteiger partial charge is 0.496 e. The number of unbranched alkanes of at least 4 members (excludes halogenated alkanes) is 1. The van der Waals surface area contributed by atoms with Crippen molar-refractivity contribution >= 4 is 20.9 Å². The highest BCUT2D eigenvalue weighted by Crippen LogP contribution is 2.32. The molecule has 0 fully saturated rings. The van der Waals surface area contributed by atoms with Crippen LogP contribution >= 0.6 is 9.12 Å². The Morgan fingerprint density at radius 2 is 1.63 bits per heavy atom. The van der Waals surface area contributed by atoms with Crippen molar-refractivity contribution in [1.29, 1.82) is 0 Å². The van der Waals surface area contributed by atoms with Gasteiger partial charge < -0.3 is 14.2 Å². The van der Waals surface area contributed by atoms with Crippen LogP contribution in [0.4, 0.5) is 0 Å². The molecule has 0 radical (unpaired) electrons. The van der Waals surface area contributed by atoms with E-state index in [4.69, 9.17) is 28.6 Å². The van der Waals surface area contributed by atoms with E-state index in [1.54, 1.807) is 18.2 Å². The first kappa shape index (κ1) is 25.0. The Morgan fingerprint density at radius 1 is 1.04 bits per heavy atom. The van der Waals surface area contributed by atoms with Crippen LogP contribution in [0.2, 0.25) is 0 Å². The summed E-state index contributed by atoms with van der Waals surface area (Å²) >= 11 is 0. The molecule has 9 heteroatoms. The van der Waals surface area contributed by atoms with Gasteiger partial charge in [-0.1, -0.05) is 30.4 Å². The molecule has 0 aromatic heterocycles. The zero-order valence-electron chi connectivity index (χ0n) is 16.2. The molecule has 0 aliphatic rings. The van der Waals surface area contributed by atoms with E-state index in [-0.39, 0.29) is 18.8 Å². The lowest BCUT2D eigenvalue weighted by Gasteiger charge is -2.17. The molecule has 2 unspecified atom stereocenters. The first-order valence-electron chi connectivity index (χ1n) is 8.41. The fourth-order valence-corrected chi connectivity index (χ4v) is 2.31. The number of Topliss-reactive ketones (excluding diaryl/α,β-unsaturated/α-hetero) is 1. The van der Waals surface area contributed by atoms with Crippen molar-refractivity contribution in [3.8, 4) is 11.5 Å². The molecule has 8 nitrogen and oxygen atoms in total. The maximum Gasteiger partial charge on any atom is 0.353 e. The SMILES string of the molecule is CCCCC(C(=O)OOCCOC)C(=O)c1c(OC)cccc1OC.O=[PH2+]. The molecule has 152 valence electrons. The van der Waals surface area contributed by atoms with Crippen LogP contribution in [0.1, 0.15) is 36.5 Å². The summed E-state index contributed by atoms with van der Waals surface area (Å²) in [6, 6.07) is 5.00. The van der Waals surface area contributed by atoms with Crippen molar-refractivity contribution in [2.45, 2.75) is 26.2 Å². The molecule has 1 rings (SSSR count). The Balaban J connectivity index is 0.00000326. The van der Waals surface area contributed by atoms with E-state index >= 15 is 0 Å². The van der Waals surface area contributed by atoms with E-state index in [1.807, 2.05) is 6.92 Å². The molecule has 0 aliphatic carbocycles. The molecule has 0 saturated heterocycles. The Labute approximate surface area is 161 Å². The smallest absolute Gasteiger partial charge is 0.353 e. The maximum atomic E-state index is 13.0. The van der Waals surface area contributed by atoms with Crippen LogP contribution < -0.4 is 9.47 Å². The van der Waals surface area contributed by atoms with Gasteiger partial charge in [-0.25, -0.2) is 4.79 Å². The lowest BCUT2D eigenvalue weighted by molar-refractivity contribution is -0.278. The van der Waals surface area contributed by atoms with Crippen molar-refractivity contribution in [2.24, 2.45) is 5.92 Å². The maximum absolute atomic E-state index is 13.0. The Kier molecular flexibility index (Phi) is 14.0. The lowest BCUT2D eigenvalue weighted by Crippen LogP contribution is -2.27. The van der Waals surface area contributed by atoms with Crippen molar-refractivity contribution in [1.82, 2.24) is 0 Å². The van der Waals surface area contributed by atoms with Gasteiger partial charge in [0.2, 0.25) is 0 Å². The lowest BCUT2D eigenvalue weighted by atomic mass is 9.91. The fourth-order valence-electron chi connectivity index (χ4n) is 2.31. The second kappa shape index (κ2) is 15.1. The summed E-state index contributed by atoms with van der Waals surface area (Å²) < 4.78 is 23.5. The number of ketones is 1. The van der Waals surface area contributed by atoms with E-state index in [9.17, 15) is 9.59 Å². The Morgan fingerprint density at radius 3 is 2.11 bits per heavy atom. The van der Waals surface area contributed by atoms with Gasteiger partial charge in [-0.2, -0.15) is 4.89 Å². The molecule has 2 atom stereocenters. The number of carbonyl (C=O) groups excluding carboxylic acids is 2. The number of benzene rings is 1. The molecular formula is C18H28O8P+. The summed E-state index contributed by atoms with van der Waals surface area (Å²) in [4.78, 5) is 34.9. The molecule has 0 heterocycles. The summed E-state index contributed by atoms with van der Waals surface area (Å²) in [6.07, 6.45) is 1.88. The van der Waals surface area contributed by atoms with Gasteiger partial charge in [-0.3, -0.25) is 9.68 Å². The summed E-state index contributed by atoms with van der Waals surface area (Å²) in [6.45, 7) is 2.35. The van der Waals surface area contributed by atoms with Gasteiger partial charge in [-0.15, -0.1) is 0 Å². The standard InChI is InChI=1S/C18H26O7.H2OP/c1-5-6-8-13(18(20)25-24-12-11-21-2)17(19)16-14(22-3)9-7-10-15(16)23-4;1-2/h7,9-10,13H,5-6,8,11-12H2,1-4H3;2H2/q;+1. The normalized spacial score (nSPS) is 11.0. The highest BCUT2D eigenvalue weighted by atomic mass is 31.0. The summed E-state index contributed by atoms with van der Waals surface area (Å²) in [5.74, 6) is -1.45. The van der Waals surface area contributed by atoms with Crippen LogP contribution in [0, 0.1) is 5.92 Å². The molecule has 0 N–H and O–H groups in total. The molecule has 0 spiro atoms. The monoisotopic (exact) mass is 403 g/mol. The zero-order valence-corrected chi connectivity index (χ0v) is 17.3. The van der Waals surface area contributed by atoms with Crippen LogP contribution in [0.15, 0.2) is 18.2 Å². The van der Waals surface area contributed by atoms with E-state index in [2.05, 4.69) is 0 Å². The number of rotatable bonds is 12. The molecule has 0 bridgehead atoms. The van der Waals surface area contributed by atoms with Gasteiger partial charge in [0.15, 0.2) is 5.78 Å². The molecule has 27 heavy (non-hydrogen) atoms. The molecular weight excluding hydrogens is 375 g/mol. The predicted octanol–water partition coefficient (Wildman–Crippen LogP) is 3.02. The predicted molar refractivity (Wildman–Crippen MR) is 101 cm³/mol. The minimum absolute atomic E-state index is 0.0922. The quantitative estimate of drug-likeness (QED) is 0.131. The van der Waals surface area contributed by atoms with E-state index in [0.29, 0.717) is 24.3 Å². The average molecular weight is 403 g/mol. The number of hydrogen-bond donors (Lipinski definition) is 0. The third-order valence-corrected chi connectivity index (χ3v) is 3.63. The Hall–Kier alpha value is -2.02. The minimum Gasteiger partial charge on any atom is -0.496 e. The second-order valence-electron chi connectivity index (χ2n) is 5.31. The van der Waals surface area contributed by atoms with Gasteiger partial charge in [0.1, 0.15) is 29.6 Å². The highest BCUT2D eigenvalue weighted by molar-refractivity contribution is 7.00. The minimum atomic E-state index is -0.993. The fraction of sp³-hybridized carbons (Fsp3) is 0.556. The van der Waals surface area contributed by atoms with Crippen molar-refractivity contribution in [3.05, 3.63) is 23.8 Å². The van der Waals surface area contributed by atoms with Crippen LogP contribution in [0.5, 0.6) is 11.5 Å². The second-order valence-corrected chi connectivity index (χ2v) is 5.31. The third-order valence-electron chi connectivity index (χ3n) is 3.63. The van der Waals surface area contributed by atoms with Gasteiger partial charge in [0, 0.05) is 7.11 Å². The van der Waals surface area contributed by atoms with E-state index < -0.39 is 17.7 Å². The van der Waals surface area contributed by atoms with Crippen molar-refractivity contribution in [3.63, 3.8) is 0 Å². The molecule has 1 aromatic carbocycles. The van der Waals surface area contributed by atoms with Gasteiger partial charge in [0.05, 0.1) is 20.8 Å². The molecule has 1 aromatic rings. The molecule has 0 amide bonds. The van der Waals surface area contributed by atoms with Crippen LogP contribution in [0.3, 0.4) is 0 Å². The topological polar surface area (TPSA) is 97.4 Å².